The molecule has 3 amide bonds. The van der Waals surface area contributed by atoms with Crippen molar-refractivity contribution in [3.63, 3.8) is 0 Å². The molecule has 37 heavy (non-hydrogen) atoms. The van der Waals surface area contributed by atoms with Gasteiger partial charge in [-0.1, -0.05) is 54.6 Å². The SMILES string of the molecule is O=C(C[n+]1cccc(C(=O)NCCc2ccccc2)c1)Nc1cccc(NC(=O)c2ccccc2)c1.[Cl-]. The van der Waals surface area contributed by atoms with Gasteiger partial charge in [0.05, 0.1) is 0 Å². The quantitative estimate of drug-likeness (QED) is 0.289. The third kappa shape index (κ3) is 8.30. The number of carbonyl (C=O) groups excluding carboxylic acids is 3. The highest BCUT2D eigenvalue weighted by molar-refractivity contribution is 6.04. The Bertz CT molecular complexity index is 1350. The van der Waals surface area contributed by atoms with E-state index in [0.29, 0.717) is 29.0 Å². The molecular formula is C29H27ClN4O3. The minimum absolute atomic E-state index is 0. The molecule has 1 aromatic heterocycles. The van der Waals surface area contributed by atoms with Gasteiger partial charge in [0.1, 0.15) is 5.56 Å². The van der Waals surface area contributed by atoms with E-state index >= 15 is 0 Å². The van der Waals surface area contributed by atoms with E-state index < -0.39 is 0 Å². The van der Waals surface area contributed by atoms with Crippen LogP contribution in [0.2, 0.25) is 0 Å². The number of benzene rings is 3. The first-order valence-electron chi connectivity index (χ1n) is 11.6. The number of aromatic nitrogens is 1. The number of hydrogen-bond acceptors (Lipinski definition) is 3. The zero-order valence-electron chi connectivity index (χ0n) is 20.1. The van der Waals surface area contributed by atoms with Crippen LogP contribution in [0.15, 0.2) is 109 Å². The molecule has 0 atom stereocenters. The van der Waals surface area contributed by atoms with Gasteiger partial charge in [-0.3, -0.25) is 14.4 Å². The standard InChI is InChI=1S/C29H26N4O3.ClH/c34-27(31-25-14-7-15-26(19-25)32-29(36)23-11-5-2-6-12-23)21-33-18-8-13-24(20-33)28(35)30-17-16-22-9-3-1-4-10-22;/h1-15,18-20H,16-17,21H2,(H2-,30,31,32,34,35,36);1H. The molecule has 3 N–H and O–H groups in total. The normalized spacial score (nSPS) is 10.1. The second kappa shape index (κ2) is 13.6. The van der Waals surface area contributed by atoms with Gasteiger partial charge in [0.15, 0.2) is 12.4 Å². The number of hydrogen-bond donors (Lipinski definition) is 3. The number of nitrogens with one attached hydrogen (secondary N) is 3. The van der Waals surface area contributed by atoms with Crippen LogP contribution >= 0.6 is 0 Å². The number of pyridine rings is 1. The third-order valence-corrected chi connectivity index (χ3v) is 5.43. The van der Waals surface area contributed by atoms with Gasteiger partial charge in [0.25, 0.3) is 17.7 Å². The molecule has 0 aliphatic heterocycles. The molecule has 4 rings (SSSR count). The van der Waals surface area contributed by atoms with Gasteiger partial charge in [0, 0.05) is 29.5 Å². The largest absolute Gasteiger partial charge is 1.00 e. The van der Waals surface area contributed by atoms with Crippen LogP contribution < -0.4 is 32.9 Å². The van der Waals surface area contributed by atoms with Crippen molar-refractivity contribution in [2.75, 3.05) is 17.2 Å². The summed E-state index contributed by atoms with van der Waals surface area (Å²) in [4.78, 5) is 37.5. The van der Waals surface area contributed by atoms with Gasteiger partial charge >= 0.3 is 0 Å². The van der Waals surface area contributed by atoms with Crippen molar-refractivity contribution in [3.8, 4) is 0 Å². The maximum Gasteiger partial charge on any atom is 0.290 e. The van der Waals surface area contributed by atoms with E-state index in [2.05, 4.69) is 16.0 Å². The van der Waals surface area contributed by atoms with Gasteiger partial charge in [0.2, 0.25) is 6.54 Å². The highest BCUT2D eigenvalue weighted by Gasteiger charge is 2.14. The molecule has 188 valence electrons. The van der Waals surface area contributed by atoms with Gasteiger partial charge in [-0.05, 0) is 48.4 Å². The molecule has 0 fully saturated rings. The average Bonchev–Trinajstić information content (AvgIpc) is 2.90. The van der Waals surface area contributed by atoms with Gasteiger partial charge in [-0.25, -0.2) is 0 Å². The van der Waals surface area contributed by atoms with Crippen molar-refractivity contribution < 1.29 is 31.4 Å². The van der Waals surface area contributed by atoms with Gasteiger partial charge in [-0.2, -0.15) is 4.57 Å². The van der Waals surface area contributed by atoms with Crippen LogP contribution in [-0.2, 0) is 17.8 Å². The van der Waals surface area contributed by atoms with Crippen LogP contribution in [0.4, 0.5) is 11.4 Å². The lowest BCUT2D eigenvalue weighted by Crippen LogP contribution is -3.00. The second-order valence-electron chi connectivity index (χ2n) is 8.21. The van der Waals surface area contributed by atoms with Crippen LogP contribution in [0.25, 0.3) is 0 Å². The van der Waals surface area contributed by atoms with E-state index in [1.807, 2.05) is 36.4 Å². The fraction of sp³-hybridized carbons (Fsp3) is 0.103. The Labute approximate surface area is 222 Å². The Morgan fingerprint density at radius 1 is 0.676 bits per heavy atom. The zero-order chi connectivity index (χ0) is 25.2. The molecule has 0 radical (unpaired) electrons. The number of anilines is 2. The molecule has 0 unspecified atom stereocenters. The molecule has 0 bridgehead atoms. The summed E-state index contributed by atoms with van der Waals surface area (Å²) < 4.78 is 1.66. The van der Waals surface area contributed by atoms with Gasteiger partial charge < -0.3 is 28.4 Å². The maximum absolute atomic E-state index is 12.6. The Morgan fingerprint density at radius 2 is 1.32 bits per heavy atom. The van der Waals surface area contributed by atoms with Crippen LogP contribution in [0, 0.1) is 0 Å². The van der Waals surface area contributed by atoms with E-state index in [0.717, 1.165) is 12.0 Å². The molecular weight excluding hydrogens is 488 g/mol. The topological polar surface area (TPSA) is 91.2 Å². The average molecular weight is 515 g/mol. The molecule has 0 aliphatic carbocycles. The molecule has 0 saturated carbocycles. The zero-order valence-corrected chi connectivity index (χ0v) is 20.8. The molecule has 0 aliphatic rings. The van der Waals surface area contributed by atoms with Crippen molar-refractivity contribution in [1.82, 2.24) is 5.32 Å². The first-order valence-corrected chi connectivity index (χ1v) is 11.6. The summed E-state index contributed by atoms with van der Waals surface area (Å²) in [6, 6.07) is 29.3. The highest BCUT2D eigenvalue weighted by atomic mass is 35.5. The summed E-state index contributed by atoms with van der Waals surface area (Å²) in [5.74, 6) is -0.677. The van der Waals surface area contributed by atoms with E-state index in [9.17, 15) is 14.4 Å². The van der Waals surface area contributed by atoms with Crippen LogP contribution in [0.5, 0.6) is 0 Å². The predicted molar refractivity (Wildman–Crippen MR) is 139 cm³/mol. The minimum Gasteiger partial charge on any atom is -1.00 e. The van der Waals surface area contributed by atoms with Crippen molar-refractivity contribution in [1.29, 1.82) is 0 Å². The van der Waals surface area contributed by atoms with E-state index in [4.69, 9.17) is 0 Å². The first kappa shape index (κ1) is 27.1. The Hall–Kier alpha value is -4.49. The van der Waals surface area contributed by atoms with E-state index in [1.54, 1.807) is 77.6 Å². The minimum atomic E-state index is -0.256. The first-order chi connectivity index (χ1) is 17.6. The number of rotatable bonds is 9. The second-order valence-corrected chi connectivity index (χ2v) is 8.21. The number of halogens is 1. The molecule has 7 nitrogen and oxygen atoms in total. The van der Waals surface area contributed by atoms with Crippen LogP contribution in [-0.4, -0.2) is 24.3 Å². The summed E-state index contributed by atoms with van der Waals surface area (Å²) in [7, 11) is 0. The molecule has 3 aromatic carbocycles. The number of nitrogens with zero attached hydrogens (tertiary/aromatic N) is 1. The predicted octanol–water partition coefficient (Wildman–Crippen LogP) is 0.842. The maximum atomic E-state index is 12.6. The molecule has 4 aromatic rings. The molecule has 0 saturated heterocycles. The Morgan fingerprint density at radius 3 is 2.05 bits per heavy atom. The molecule has 0 spiro atoms. The van der Waals surface area contributed by atoms with Crippen LogP contribution in [0.1, 0.15) is 26.3 Å². The summed E-state index contributed by atoms with van der Waals surface area (Å²) in [5, 5.41) is 8.58. The summed E-state index contributed by atoms with van der Waals surface area (Å²) in [6.07, 6.45) is 4.12. The fourth-order valence-corrected chi connectivity index (χ4v) is 3.66. The van der Waals surface area contributed by atoms with Crippen molar-refractivity contribution in [3.05, 3.63) is 126 Å². The van der Waals surface area contributed by atoms with Crippen LogP contribution in [0.3, 0.4) is 0 Å². The Balaban J connectivity index is 0.00000380. The van der Waals surface area contributed by atoms with Crippen molar-refractivity contribution in [2.24, 2.45) is 0 Å². The molecule has 8 heteroatoms. The highest BCUT2D eigenvalue weighted by Crippen LogP contribution is 2.16. The smallest absolute Gasteiger partial charge is 0.290 e. The van der Waals surface area contributed by atoms with Crippen molar-refractivity contribution in [2.45, 2.75) is 13.0 Å². The summed E-state index contributed by atoms with van der Waals surface area (Å²) >= 11 is 0. The monoisotopic (exact) mass is 514 g/mol. The van der Waals surface area contributed by atoms with E-state index in [-0.39, 0.29) is 36.7 Å². The fourth-order valence-electron chi connectivity index (χ4n) is 3.66. The lowest BCUT2D eigenvalue weighted by molar-refractivity contribution is -0.684. The number of amides is 3. The summed E-state index contributed by atoms with van der Waals surface area (Å²) in [6.45, 7) is 0.557. The third-order valence-electron chi connectivity index (χ3n) is 5.43. The molecule has 1 heterocycles. The number of carbonyl (C=O) groups is 3. The summed E-state index contributed by atoms with van der Waals surface area (Å²) in [5.41, 5.74) is 3.31. The van der Waals surface area contributed by atoms with Gasteiger partial charge in [-0.15, -0.1) is 0 Å². The Kier molecular flexibility index (Phi) is 9.93. The van der Waals surface area contributed by atoms with E-state index in [1.165, 1.54) is 0 Å². The van der Waals surface area contributed by atoms with Crippen molar-refractivity contribution >= 4 is 29.1 Å². The lowest BCUT2D eigenvalue weighted by atomic mass is 10.1. The lowest BCUT2D eigenvalue weighted by Gasteiger charge is -2.08.